The van der Waals surface area contributed by atoms with Crippen molar-refractivity contribution in [3.8, 4) is 12.3 Å². The maximum Gasteiger partial charge on any atom is 0.268 e. The molecule has 0 aliphatic heterocycles. The predicted octanol–water partition coefficient (Wildman–Crippen LogP) is 1.43. The topological polar surface area (TPSA) is 34.0 Å². The smallest absolute Gasteiger partial charge is 0.268 e. The molecule has 0 bridgehead atoms. The van der Waals surface area contributed by atoms with Gasteiger partial charge < -0.3 is 9.88 Å². The number of hydrogen-bond acceptors (Lipinski definition) is 1. The minimum Gasteiger partial charge on any atom is -0.345 e. The average Bonchev–Trinajstić information content (AvgIpc) is 2.45. The second kappa shape index (κ2) is 4.21. The van der Waals surface area contributed by atoms with Gasteiger partial charge in [0, 0.05) is 13.2 Å². The molecule has 14 heavy (non-hydrogen) atoms. The number of hydrogen-bond donors (Lipinski definition) is 1. The number of amides is 1. The van der Waals surface area contributed by atoms with Crippen LogP contribution in [0.1, 0.15) is 17.4 Å². The maximum atomic E-state index is 11.6. The molecule has 74 valence electrons. The molecule has 0 aliphatic carbocycles. The molecule has 0 aromatic carbocycles. The first kappa shape index (κ1) is 10.7. The highest BCUT2D eigenvalue weighted by molar-refractivity contribution is 6.31. The van der Waals surface area contributed by atoms with E-state index in [9.17, 15) is 4.79 Å². The molecular formula is C10H11ClN2O. The van der Waals surface area contributed by atoms with Crippen LogP contribution in [0.5, 0.6) is 0 Å². The number of carbonyl (C=O) groups is 1. The zero-order valence-electron chi connectivity index (χ0n) is 8.04. The van der Waals surface area contributed by atoms with E-state index in [1.54, 1.807) is 30.8 Å². The molecule has 0 aliphatic rings. The van der Waals surface area contributed by atoms with E-state index in [2.05, 4.69) is 11.2 Å². The van der Waals surface area contributed by atoms with Crippen molar-refractivity contribution in [3.05, 3.63) is 23.0 Å². The second-order valence-corrected chi connectivity index (χ2v) is 3.45. The SMILES string of the molecule is C#CC(C)NC(=O)c1cc(Cl)cn1C. The summed E-state index contributed by atoms with van der Waals surface area (Å²) in [5, 5.41) is 3.18. The molecule has 0 saturated carbocycles. The summed E-state index contributed by atoms with van der Waals surface area (Å²) in [6, 6.07) is 1.32. The average molecular weight is 211 g/mol. The molecule has 1 aromatic rings. The van der Waals surface area contributed by atoms with Gasteiger partial charge in [-0.3, -0.25) is 4.79 Å². The standard InChI is InChI=1S/C10H11ClN2O/c1-4-7(2)12-10(14)9-5-8(11)6-13(9)3/h1,5-7H,2-3H3,(H,12,14). The van der Waals surface area contributed by atoms with Crippen LogP contribution in [0.3, 0.4) is 0 Å². The first-order valence-electron chi connectivity index (χ1n) is 4.13. The summed E-state index contributed by atoms with van der Waals surface area (Å²) < 4.78 is 1.65. The molecule has 1 atom stereocenters. The largest absolute Gasteiger partial charge is 0.345 e. The summed E-state index contributed by atoms with van der Waals surface area (Å²) in [5.41, 5.74) is 0.497. The van der Waals surface area contributed by atoms with Crippen LogP contribution in [-0.2, 0) is 7.05 Å². The van der Waals surface area contributed by atoms with Crippen molar-refractivity contribution in [3.63, 3.8) is 0 Å². The Labute approximate surface area is 88.1 Å². The van der Waals surface area contributed by atoms with Gasteiger partial charge in [-0.2, -0.15) is 0 Å². The molecule has 4 heteroatoms. The molecular weight excluding hydrogens is 200 g/mol. The maximum absolute atomic E-state index is 11.6. The van der Waals surface area contributed by atoms with Gasteiger partial charge >= 0.3 is 0 Å². The van der Waals surface area contributed by atoms with Crippen molar-refractivity contribution in [2.75, 3.05) is 0 Å². The van der Waals surface area contributed by atoms with Crippen molar-refractivity contribution in [1.29, 1.82) is 0 Å². The van der Waals surface area contributed by atoms with Crippen molar-refractivity contribution in [2.24, 2.45) is 7.05 Å². The minimum atomic E-state index is -0.281. The Morgan fingerprint density at radius 1 is 1.79 bits per heavy atom. The van der Waals surface area contributed by atoms with Crippen molar-refractivity contribution < 1.29 is 4.79 Å². The number of aryl methyl sites for hydroxylation is 1. The highest BCUT2D eigenvalue weighted by Crippen LogP contribution is 2.12. The fraction of sp³-hybridized carbons (Fsp3) is 0.300. The summed E-state index contributed by atoms with van der Waals surface area (Å²) >= 11 is 5.74. The second-order valence-electron chi connectivity index (χ2n) is 3.02. The van der Waals surface area contributed by atoms with Crippen molar-refractivity contribution in [1.82, 2.24) is 9.88 Å². The lowest BCUT2D eigenvalue weighted by molar-refractivity contribution is 0.0940. The van der Waals surface area contributed by atoms with E-state index in [0.29, 0.717) is 10.7 Å². The van der Waals surface area contributed by atoms with Crippen LogP contribution in [0, 0.1) is 12.3 Å². The normalized spacial score (nSPS) is 11.9. The fourth-order valence-corrected chi connectivity index (χ4v) is 1.31. The molecule has 3 nitrogen and oxygen atoms in total. The van der Waals surface area contributed by atoms with Crippen LogP contribution in [0.15, 0.2) is 12.3 Å². The Kier molecular flexibility index (Phi) is 3.21. The summed E-state index contributed by atoms with van der Waals surface area (Å²) in [5.74, 6) is 2.20. The number of nitrogens with one attached hydrogen (secondary N) is 1. The fourth-order valence-electron chi connectivity index (χ4n) is 1.06. The molecule has 0 fully saturated rings. The molecule has 1 N–H and O–H groups in total. The van der Waals surface area contributed by atoms with Gasteiger partial charge in [-0.05, 0) is 13.0 Å². The summed E-state index contributed by atoms with van der Waals surface area (Å²) in [6.45, 7) is 1.74. The van der Waals surface area contributed by atoms with Crippen molar-refractivity contribution in [2.45, 2.75) is 13.0 Å². The van der Waals surface area contributed by atoms with E-state index in [4.69, 9.17) is 18.0 Å². The lowest BCUT2D eigenvalue weighted by Gasteiger charge is -2.07. The van der Waals surface area contributed by atoms with E-state index in [-0.39, 0.29) is 11.9 Å². The van der Waals surface area contributed by atoms with Gasteiger partial charge in [0.15, 0.2) is 0 Å². The Bertz CT molecular complexity index is 389. The first-order chi connectivity index (χ1) is 6.54. The van der Waals surface area contributed by atoms with Gasteiger partial charge in [-0.25, -0.2) is 0 Å². The Morgan fingerprint density at radius 3 is 2.86 bits per heavy atom. The zero-order chi connectivity index (χ0) is 10.7. The monoisotopic (exact) mass is 210 g/mol. The molecule has 0 saturated heterocycles. The van der Waals surface area contributed by atoms with Gasteiger partial charge in [0.05, 0.1) is 11.1 Å². The number of carbonyl (C=O) groups excluding carboxylic acids is 1. The molecule has 1 aromatic heterocycles. The third kappa shape index (κ3) is 2.30. The van der Waals surface area contributed by atoms with Gasteiger partial charge in [-0.15, -0.1) is 6.42 Å². The molecule has 1 unspecified atom stereocenters. The number of halogens is 1. The molecule has 0 spiro atoms. The molecule has 0 radical (unpaired) electrons. The summed E-state index contributed by atoms with van der Waals surface area (Å²) in [6.07, 6.45) is 6.81. The van der Waals surface area contributed by atoms with Gasteiger partial charge in [0.1, 0.15) is 5.69 Å². The van der Waals surface area contributed by atoms with E-state index in [1.807, 2.05) is 0 Å². The molecule has 1 heterocycles. The van der Waals surface area contributed by atoms with Crippen LogP contribution < -0.4 is 5.32 Å². The summed E-state index contributed by atoms with van der Waals surface area (Å²) in [4.78, 5) is 11.6. The van der Waals surface area contributed by atoms with Crippen LogP contribution in [0.2, 0.25) is 5.02 Å². The Morgan fingerprint density at radius 2 is 2.43 bits per heavy atom. The van der Waals surface area contributed by atoms with E-state index < -0.39 is 0 Å². The lowest BCUT2D eigenvalue weighted by Crippen LogP contribution is -2.32. The van der Waals surface area contributed by atoms with E-state index in [1.165, 1.54) is 0 Å². The van der Waals surface area contributed by atoms with Crippen molar-refractivity contribution >= 4 is 17.5 Å². The van der Waals surface area contributed by atoms with E-state index in [0.717, 1.165) is 0 Å². The van der Waals surface area contributed by atoms with Crippen LogP contribution in [0.25, 0.3) is 0 Å². The highest BCUT2D eigenvalue weighted by Gasteiger charge is 2.12. The van der Waals surface area contributed by atoms with Crippen LogP contribution in [0.4, 0.5) is 0 Å². The number of nitrogens with zero attached hydrogens (tertiary/aromatic N) is 1. The number of terminal acetylenes is 1. The van der Waals surface area contributed by atoms with Gasteiger partial charge in [0.2, 0.25) is 0 Å². The highest BCUT2D eigenvalue weighted by atomic mass is 35.5. The predicted molar refractivity (Wildman–Crippen MR) is 56.2 cm³/mol. The van der Waals surface area contributed by atoms with E-state index >= 15 is 0 Å². The van der Waals surface area contributed by atoms with Crippen LogP contribution >= 0.6 is 11.6 Å². The molecule has 1 rings (SSSR count). The first-order valence-corrected chi connectivity index (χ1v) is 4.51. The zero-order valence-corrected chi connectivity index (χ0v) is 8.80. The number of rotatable bonds is 2. The van der Waals surface area contributed by atoms with Gasteiger partial charge in [0.25, 0.3) is 5.91 Å². The Hall–Kier alpha value is -1.40. The molecule has 1 amide bonds. The third-order valence-corrected chi connectivity index (χ3v) is 2.01. The third-order valence-electron chi connectivity index (χ3n) is 1.80. The van der Waals surface area contributed by atoms with Crippen LogP contribution in [-0.4, -0.2) is 16.5 Å². The number of aromatic nitrogens is 1. The van der Waals surface area contributed by atoms with Gasteiger partial charge in [-0.1, -0.05) is 17.5 Å². The lowest BCUT2D eigenvalue weighted by atomic mass is 10.3. The minimum absolute atomic E-state index is 0.218. The summed E-state index contributed by atoms with van der Waals surface area (Å²) in [7, 11) is 1.75. The Balaban J connectivity index is 2.80. The quantitative estimate of drug-likeness (QED) is 0.737.